The van der Waals surface area contributed by atoms with Crippen molar-refractivity contribution in [3.63, 3.8) is 0 Å². The maximum Gasteiger partial charge on any atom is 0.162 e. The topological polar surface area (TPSA) is 77.9 Å². The number of aliphatic hydroxyl groups is 1. The summed E-state index contributed by atoms with van der Waals surface area (Å²) in [7, 11) is 0. The van der Waals surface area contributed by atoms with Gasteiger partial charge >= 0.3 is 0 Å². The Hall–Kier alpha value is -3.51. The number of β-amino-alcohol motifs (C(OH)–C–C–N with tert-alkyl or cyclic N) is 1. The first kappa shape index (κ1) is 21.1. The van der Waals surface area contributed by atoms with Crippen molar-refractivity contribution in [1.29, 1.82) is 0 Å². The Labute approximate surface area is 198 Å². The van der Waals surface area contributed by atoms with E-state index in [-0.39, 0.29) is 6.10 Å². The zero-order chi connectivity index (χ0) is 23.2. The highest BCUT2D eigenvalue weighted by molar-refractivity contribution is 6.12. The average Bonchev–Trinajstić information content (AvgIpc) is 3.43. The summed E-state index contributed by atoms with van der Waals surface area (Å²) in [4.78, 5) is 20.5. The minimum atomic E-state index is -0.336. The Kier molecular flexibility index (Phi) is 5.18. The fraction of sp³-hybridized carbons (Fsp3) is 0.321. The van der Waals surface area contributed by atoms with Crippen LogP contribution < -0.4 is 15.5 Å². The molecule has 2 aliphatic rings. The van der Waals surface area contributed by atoms with Crippen molar-refractivity contribution in [3.8, 4) is 11.4 Å². The van der Waals surface area contributed by atoms with Crippen LogP contribution in [0.15, 0.2) is 49.2 Å². The molecule has 3 aromatic heterocycles. The number of aromatic nitrogens is 4. The van der Waals surface area contributed by atoms with Gasteiger partial charge < -0.3 is 15.0 Å². The lowest BCUT2D eigenvalue weighted by Crippen LogP contribution is -2.40. The number of fused-ring (bicyclic) bond motifs is 3. The molecule has 6 heteroatoms. The quantitative estimate of drug-likeness (QED) is 0.495. The van der Waals surface area contributed by atoms with Crippen molar-refractivity contribution in [2.75, 3.05) is 18.0 Å². The van der Waals surface area contributed by atoms with Crippen molar-refractivity contribution < 1.29 is 5.11 Å². The molecule has 6 rings (SSSR count). The van der Waals surface area contributed by atoms with E-state index in [1.165, 1.54) is 24.8 Å². The molecule has 1 atom stereocenters. The molecule has 172 valence electrons. The van der Waals surface area contributed by atoms with E-state index in [2.05, 4.69) is 39.7 Å². The van der Waals surface area contributed by atoms with E-state index in [4.69, 9.17) is 9.97 Å². The normalized spacial score (nSPS) is 20.2. The number of hydrogen-bond donors (Lipinski definition) is 2. The third-order valence-corrected chi connectivity index (χ3v) is 7.35. The number of rotatable bonds is 4. The molecule has 0 amide bonds. The molecule has 0 bridgehead atoms. The van der Waals surface area contributed by atoms with Crippen LogP contribution in [0.25, 0.3) is 45.0 Å². The monoisotopic (exact) mass is 451 g/mol. The SMILES string of the molecule is C=C/C(=c1/c(N2CCC(O)C2)nc(-c2ccnc3[nH]c4ccccc4c23)n/c1=C/C)C1CCC1. The molecule has 4 aromatic rings. The van der Waals surface area contributed by atoms with Gasteiger partial charge in [0.15, 0.2) is 5.82 Å². The van der Waals surface area contributed by atoms with Crippen molar-refractivity contribution in [1.82, 2.24) is 19.9 Å². The number of H-pyrrole nitrogens is 1. The summed E-state index contributed by atoms with van der Waals surface area (Å²) >= 11 is 0. The maximum absolute atomic E-state index is 10.3. The van der Waals surface area contributed by atoms with Crippen molar-refractivity contribution in [2.24, 2.45) is 5.92 Å². The molecule has 1 unspecified atom stereocenters. The van der Waals surface area contributed by atoms with E-state index < -0.39 is 0 Å². The Morgan fingerprint density at radius 2 is 2.03 bits per heavy atom. The highest BCUT2D eigenvalue weighted by atomic mass is 16.3. The number of benzene rings is 1. The standard InChI is InChI=1S/C28H29N5O/c1-3-19(17-8-7-9-17)25-22(4-2)30-26(32-28(25)33-15-13-18(34)16-33)21-12-14-29-27-24(21)20-10-5-6-11-23(20)31-27/h3-6,10-12,14,17-18,34H,1,7-9,13,15-16H2,2H3,(H,29,31)/b22-4+,25-19-. The van der Waals surface area contributed by atoms with Crippen molar-refractivity contribution in [3.05, 3.63) is 59.8 Å². The van der Waals surface area contributed by atoms with Gasteiger partial charge in [0.1, 0.15) is 11.5 Å². The molecule has 0 spiro atoms. The predicted octanol–water partition coefficient (Wildman–Crippen LogP) is 3.68. The number of pyridine rings is 1. The number of nitrogens with one attached hydrogen (secondary N) is 1. The molecular weight excluding hydrogens is 422 g/mol. The maximum atomic E-state index is 10.3. The molecule has 1 saturated heterocycles. The zero-order valence-electron chi connectivity index (χ0n) is 19.5. The van der Waals surface area contributed by atoms with Crippen LogP contribution in [0.5, 0.6) is 0 Å². The molecule has 4 heterocycles. The largest absolute Gasteiger partial charge is 0.391 e. The summed E-state index contributed by atoms with van der Waals surface area (Å²) in [5.74, 6) is 2.09. The van der Waals surface area contributed by atoms with Gasteiger partial charge in [0.2, 0.25) is 0 Å². The molecule has 0 radical (unpaired) electrons. The van der Waals surface area contributed by atoms with Crippen molar-refractivity contribution >= 4 is 39.4 Å². The van der Waals surface area contributed by atoms with E-state index in [0.717, 1.165) is 56.9 Å². The third-order valence-electron chi connectivity index (χ3n) is 7.35. The van der Waals surface area contributed by atoms with Crippen LogP contribution in [0, 0.1) is 5.92 Å². The average molecular weight is 452 g/mol. The second-order valence-corrected chi connectivity index (χ2v) is 9.35. The lowest BCUT2D eigenvalue weighted by molar-refractivity contribution is 0.198. The van der Waals surface area contributed by atoms with Crippen LogP contribution in [0.1, 0.15) is 32.6 Å². The van der Waals surface area contributed by atoms with Crippen LogP contribution in [0.4, 0.5) is 5.82 Å². The molecule has 34 heavy (non-hydrogen) atoms. The van der Waals surface area contributed by atoms with Crippen molar-refractivity contribution in [2.45, 2.75) is 38.7 Å². The number of aliphatic hydroxyl groups excluding tert-OH is 1. The minimum absolute atomic E-state index is 0.336. The predicted molar refractivity (Wildman–Crippen MR) is 138 cm³/mol. The first-order valence-electron chi connectivity index (χ1n) is 12.2. The third kappa shape index (κ3) is 3.32. The number of hydrogen-bond acceptors (Lipinski definition) is 5. The summed E-state index contributed by atoms with van der Waals surface area (Å²) in [5.41, 5.74) is 4.07. The highest BCUT2D eigenvalue weighted by Crippen LogP contribution is 2.35. The van der Waals surface area contributed by atoms with Crippen LogP contribution >= 0.6 is 0 Å². The molecule has 1 aliphatic heterocycles. The molecule has 2 fully saturated rings. The van der Waals surface area contributed by atoms with Crippen LogP contribution in [0.2, 0.25) is 0 Å². The van der Waals surface area contributed by atoms with Gasteiger partial charge in [-0.15, -0.1) is 0 Å². The van der Waals surface area contributed by atoms with Gasteiger partial charge in [0.25, 0.3) is 0 Å². The molecule has 1 aliphatic carbocycles. The van der Waals surface area contributed by atoms with E-state index in [1.807, 2.05) is 37.4 Å². The molecule has 2 N–H and O–H groups in total. The van der Waals surface area contributed by atoms with Gasteiger partial charge in [0, 0.05) is 46.4 Å². The summed E-state index contributed by atoms with van der Waals surface area (Å²) in [6.07, 6.45) is 9.90. The van der Waals surface area contributed by atoms with E-state index in [0.29, 0.717) is 18.3 Å². The van der Waals surface area contributed by atoms with Gasteiger partial charge in [-0.05, 0) is 49.8 Å². The Bertz CT molecular complexity index is 1530. The Morgan fingerprint density at radius 1 is 1.18 bits per heavy atom. The zero-order valence-corrected chi connectivity index (χ0v) is 19.5. The summed E-state index contributed by atoms with van der Waals surface area (Å²) in [6.45, 7) is 7.56. The summed E-state index contributed by atoms with van der Waals surface area (Å²) < 4.78 is 0. The van der Waals surface area contributed by atoms with Gasteiger partial charge in [-0.25, -0.2) is 15.0 Å². The highest BCUT2D eigenvalue weighted by Gasteiger charge is 2.27. The molecule has 1 aromatic carbocycles. The fourth-order valence-corrected chi connectivity index (χ4v) is 5.38. The number of nitrogens with zero attached hydrogens (tertiary/aromatic N) is 4. The first-order valence-corrected chi connectivity index (χ1v) is 12.2. The lowest BCUT2D eigenvalue weighted by atomic mass is 9.79. The van der Waals surface area contributed by atoms with Gasteiger partial charge in [-0.2, -0.15) is 0 Å². The van der Waals surface area contributed by atoms with Crippen LogP contribution in [-0.4, -0.2) is 44.2 Å². The van der Waals surface area contributed by atoms with Gasteiger partial charge in [0.05, 0.1) is 11.5 Å². The molecular formula is C28H29N5O. The minimum Gasteiger partial charge on any atom is -0.391 e. The Morgan fingerprint density at radius 3 is 2.74 bits per heavy atom. The molecule has 6 nitrogen and oxygen atoms in total. The fourth-order valence-electron chi connectivity index (χ4n) is 5.38. The van der Waals surface area contributed by atoms with Crippen LogP contribution in [-0.2, 0) is 0 Å². The first-order chi connectivity index (χ1) is 16.7. The molecule has 1 saturated carbocycles. The van der Waals surface area contributed by atoms with Gasteiger partial charge in [-0.3, -0.25) is 0 Å². The second kappa shape index (κ2) is 8.37. The smallest absolute Gasteiger partial charge is 0.162 e. The number of allylic oxidation sites excluding steroid dienone is 1. The summed E-state index contributed by atoms with van der Waals surface area (Å²) in [5, 5.41) is 14.5. The second-order valence-electron chi connectivity index (χ2n) is 9.35. The lowest BCUT2D eigenvalue weighted by Gasteiger charge is -2.28. The number of aromatic amines is 1. The number of para-hydroxylation sites is 1. The van der Waals surface area contributed by atoms with E-state index in [9.17, 15) is 5.11 Å². The number of anilines is 1. The van der Waals surface area contributed by atoms with E-state index >= 15 is 0 Å². The van der Waals surface area contributed by atoms with Crippen LogP contribution in [0.3, 0.4) is 0 Å². The van der Waals surface area contributed by atoms with E-state index in [1.54, 1.807) is 0 Å². The Balaban J connectivity index is 1.67. The van der Waals surface area contributed by atoms with Gasteiger partial charge in [-0.1, -0.05) is 43.4 Å². The summed E-state index contributed by atoms with van der Waals surface area (Å²) in [6, 6.07) is 10.2.